The molecular weight excluding hydrogens is 324 g/mol. The maximum Gasteiger partial charge on any atom is 0.147 e. The third-order valence-corrected chi connectivity index (χ3v) is 5.23. The topological polar surface area (TPSA) is 42.3 Å². The maximum absolute atomic E-state index is 5.51. The third-order valence-electron chi connectivity index (χ3n) is 5.23. The van der Waals surface area contributed by atoms with E-state index in [2.05, 4.69) is 70.2 Å². The third kappa shape index (κ3) is 2.52. The maximum atomic E-state index is 5.51. The van der Waals surface area contributed by atoms with E-state index in [-0.39, 0.29) is 0 Å². The summed E-state index contributed by atoms with van der Waals surface area (Å²) in [6.07, 6.45) is 0. The number of benzene rings is 2. The van der Waals surface area contributed by atoms with E-state index in [4.69, 9.17) is 9.72 Å². The van der Waals surface area contributed by atoms with Gasteiger partial charge in [0.2, 0.25) is 0 Å². The molecule has 1 N–H and O–H groups in total. The average molecular weight is 346 g/mol. The largest absolute Gasteiger partial charge is 0.379 e. The van der Waals surface area contributed by atoms with Crippen molar-refractivity contribution in [2.75, 3.05) is 31.6 Å². The molecule has 0 atom stereocenters. The standard InChI is InChI=1S/C21H22N4O/c1-15-20(14-24-10-12-26-13-11-24)25-19-9-5-4-8-18(19)23-17-7-3-2-6-16(17)21(25)22-15/h2-9,23H,10-14H2,1H3. The van der Waals surface area contributed by atoms with Crippen LogP contribution < -0.4 is 5.32 Å². The Morgan fingerprint density at radius 2 is 1.73 bits per heavy atom. The molecule has 132 valence electrons. The monoisotopic (exact) mass is 346 g/mol. The van der Waals surface area contributed by atoms with Gasteiger partial charge in [-0.3, -0.25) is 9.47 Å². The van der Waals surface area contributed by atoms with E-state index in [0.29, 0.717) is 0 Å². The van der Waals surface area contributed by atoms with Crippen LogP contribution in [0, 0.1) is 6.92 Å². The molecule has 26 heavy (non-hydrogen) atoms. The Balaban J connectivity index is 1.71. The van der Waals surface area contributed by atoms with Crippen molar-refractivity contribution in [3.8, 4) is 17.1 Å². The first-order chi connectivity index (χ1) is 12.8. The Labute approximate surface area is 153 Å². The lowest BCUT2D eigenvalue weighted by Gasteiger charge is -2.27. The van der Waals surface area contributed by atoms with Crippen LogP contribution in [-0.2, 0) is 11.3 Å². The Morgan fingerprint density at radius 3 is 2.58 bits per heavy atom. The highest BCUT2D eigenvalue weighted by atomic mass is 16.5. The molecule has 1 fully saturated rings. The lowest BCUT2D eigenvalue weighted by atomic mass is 10.1. The highest BCUT2D eigenvalue weighted by Gasteiger charge is 2.25. The number of rotatable bonds is 2. The molecule has 0 bridgehead atoms. The Kier molecular flexibility index (Phi) is 3.76. The van der Waals surface area contributed by atoms with Gasteiger partial charge in [-0.1, -0.05) is 24.3 Å². The number of anilines is 2. The van der Waals surface area contributed by atoms with Crippen LogP contribution in [0.2, 0.25) is 0 Å². The smallest absolute Gasteiger partial charge is 0.147 e. The fraction of sp³-hybridized carbons (Fsp3) is 0.286. The molecular formula is C21H22N4O. The zero-order chi connectivity index (χ0) is 17.5. The van der Waals surface area contributed by atoms with Gasteiger partial charge in [0.05, 0.1) is 36.0 Å². The number of ether oxygens (including phenoxy) is 1. The summed E-state index contributed by atoms with van der Waals surface area (Å²) in [4.78, 5) is 7.43. The molecule has 0 saturated carbocycles. The van der Waals surface area contributed by atoms with Crippen molar-refractivity contribution in [1.82, 2.24) is 14.5 Å². The molecule has 1 aromatic heterocycles. The predicted octanol–water partition coefficient (Wildman–Crippen LogP) is 3.74. The summed E-state index contributed by atoms with van der Waals surface area (Å²) in [6.45, 7) is 6.56. The average Bonchev–Trinajstić information content (AvgIpc) is 2.92. The first-order valence-electron chi connectivity index (χ1n) is 9.15. The van der Waals surface area contributed by atoms with E-state index >= 15 is 0 Å². The molecule has 2 aromatic carbocycles. The van der Waals surface area contributed by atoms with Gasteiger partial charge in [-0.15, -0.1) is 0 Å². The van der Waals surface area contributed by atoms with Crippen LogP contribution >= 0.6 is 0 Å². The van der Waals surface area contributed by atoms with E-state index in [9.17, 15) is 0 Å². The van der Waals surface area contributed by atoms with Crippen molar-refractivity contribution in [3.63, 3.8) is 0 Å². The van der Waals surface area contributed by atoms with Crippen molar-refractivity contribution >= 4 is 11.4 Å². The second-order valence-corrected chi connectivity index (χ2v) is 6.88. The lowest BCUT2D eigenvalue weighted by Crippen LogP contribution is -2.36. The summed E-state index contributed by atoms with van der Waals surface area (Å²) in [7, 11) is 0. The van der Waals surface area contributed by atoms with Gasteiger partial charge in [-0.25, -0.2) is 4.98 Å². The second-order valence-electron chi connectivity index (χ2n) is 6.88. The molecule has 5 nitrogen and oxygen atoms in total. The molecule has 2 aliphatic rings. The summed E-state index contributed by atoms with van der Waals surface area (Å²) in [6, 6.07) is 16.9. The molecule has 0 spiro atoms. The molecule has 5 heteroatoms. The van der Waals surface area contributed by atoms with Crippen LogP contribution in [0.3, 0.4) is 0 Å². The summed E-state index contributed by atoms with van der Waals surface area (Å²) in [5.74, 6) is 1.01. The number of fused-ring (bicyclic) bond motifs is 5. The zero-order valence-electron chi connectivity index (χ0n) is 14.9. The SMILES string of the molecule is Cc1nc2n(c1CN1CCOCC1)-c1ccccc1Nc1ccccc1-2. The number of hydrogen-bond donors (Lipinski definition) is 1. The van der Waals surface area contributed by atoms with E-state index in [1.807, 2.05) is 0 Å². The molecule has 3 heterocycles. The van der Waals surface area contributed by atoms with Crippen molar-refractivity contribution < 1.29 is 4.74 Å². The number of hydrogen-bond acceptors (Lipinski definition) is 4. The van der Waals surface area contributed by atoms with Gasteiger partial charge in [0.1, 0.15) is 5.82 Å². The van der Waals surface area contributed by atoms with E-state index in [1.165, 1.54) is 5.69 Å². The van der Waals surface area contributed by atoms with Gasteiger partial charge >= 0.3 is 0 Å². The quantitative estimate of drug-likeness (QED) is 0.600. The van der Waals surface area contributed by atoms with E-state index in [0.717, 1.165) is 67.0 Å². The van der Waals surface area contributed by atoms with Crippen LogP contribution in [-0.4, -0.2) is 40.8 Å². The second kappa shape index (κ2) is 6.27. The fourth-order valence-electron chi connectivity index (χ4n) is 3.87. The van der Waals surface area contributed by atoms with Crippen LogP contribution in [0.5, 0.6) is 0 Å². The lowest BCUT2D eigenvalue weighted by molar-refractivity contribution is 0.0333. The van der Waals surface area contributed by atoms with Gasteiger partial charge in [-0.2, -0.15) is 0 Å². The van der Waals surface area contributed by atoms with Crippen LogP contribution in [0.15, 0.2) is 48.5 Å². The summed E-state index contributed by atoms with van der Waals surface area (Å²) >= 11 is 0. The van der Waals surface area contributed by atoms with Crippen LogP contribution in [0.25, 0.3) is 17.1 Å². The van der Waals surface area contributed by atoms with Crippen molar-refractivity contribution in [2.45, 2.75) is 13.5 Å². The first kappa shape index (κ1) is 15.6. The van der Waals surface area contributed by atoms with E-state index in [1.54, 1.807) is 0 Å². The number of nitrogens with one attached hydrogen (secondary N) is 1. The van der Waals surface area contributed by atoms with E-state index < -0.39 is 0 Å². The molecule has 0 radical (unpaired) electrons. The van der Waals surface area contributed by atoms with Gasteiger partial charge in [0.15, 0.2) is 0 Å². The van der Waals surface area contributed by atoms with Crippen LogP contribution in [0.1, 0.15) is 11.4 Å². The van der Waals surface area contributed by atoms with Crippen molar-refractivity contribution in [3.05, 3.63) is 59.9 Å². The Morgan fingerprint density at radius 1 is 1.00 bits per heavy atom. The number of aromatic nitrogens is 2. The van der Waals surface area contributed by atoms with Gasteiger partial charge in [0.25, 0.3) is 0 Å². The molecule has 3 aromatic rings. The highest BCUT2D eigenvalue weighted by Crippen LogP contribution is 2.39. The number of aryl methyl sites for hydroxylation is 1. The minimum Gasteiger partial charge on any atom is -0.379 e. The Hall–Kier alpha value is -2.63. The van der Waals surface area contributed by atoms with Gasteiger partial charge < -0.3 is 10.1 Å². The normalized spacial score (nSPS) is 16.2. The zero-order valence-corrected chi connectivity index (χ0v) is 14.9. The molecule has 0 amide bonds. The van der Waals surface area contributed by atoms with Gasteiger partial charge in [-0.05, 0) is 31.2 Å². The predicted molar refractivity (Wildman–Crippen MR) is 103 cm³/mol. The summed E-state index contributed by atoms with van der Waals surface area (Å²) in [5, 5.41) is 3.59. The van der Waals surface area contributed by atoms with Crippen molar-refractivity contribution in [2.24, 2.45) is 0 Å². The Bertz CT molecular complexity index is 956. The number of morpholine rings is 1. The fourth-order valence-corrected chi connectivity index (χ4v) is 3.87. The minimum absolute atomic E-state index is 0.807. The highest BCUT2D eigenvalue weighted by molar-refractivity contribution is 5.85. The summed E-state index contributed by atoms with van der Waals surface area (Å²) in [5.41, 5.74) is 6.86. The molecule has 2 aliphatic heterocycles. The number of nitrogens with zero attached hydrogens (tertiary/aromatic N) is 3. The minimum atomic E-state index is 0.807. The molecule has 1 saturated heterocycles. The number of para-hydroxylation sites is 3. The van der Waals surface area contributed by atoms with Gasteiger partial charge in [0, 0.05) is 30.9 Å². The number of imidazole rings is 1. The van der Waals surface area contributed by atoms with Crippen molar-refractivity contribution in [1.29, 1.82) is 0 Å². The first-order valence-corrected chi connectivity index (χ1v) is 9.15. The molecule has 5 rings (SSSR count). The van der Waals surface area contributed by atoms with Crippen LogP contribution in [0.4, 0.5) is 11.4 Å². The molecule has 0 aliphatic carbocycles. The summed E-state index contributed by atoms with van der Waals surface area (Å²) < 4.78 is 7.84. The molecule has 0 unspecified atom stereocenters.